The van der Waals surface area contributed by atoms with Crippen LogP contribution in [0.1, 0.15) is 18.5 Å². The van der Waals surface area contributed by atoms with Gasteiger partial charge in [-0.15, -0.1) is 0 Å². The van der Waals surface area contributed by atoms with Gasteiger partial charge in [-0.2, -0.15) is 0 Å². The molecule has 0 bridgehead atoms. The van der Waals surface area contributed by atoms with Crippen LogP contribution in [0.25, 0.3) is 0 Å². The van der Waals surface area contributed by atoms with Crippen LogP contribution in [0.5, 0.6) is 0 Å². The average molecular weight is 252 g/mol. The van der Waals surface area contributed by atoms with Crippen molar-refractivity contribution >= 4 is 23.0 Å². The first-order valence-electron chi connectivity index (χ1n) is 5.60. The van der Waals surface area contributed by atoms with Crippen molar-refractivity contribution in [3.63, 3.8) is 0 Å². The second-order valence-corrected chi connectivity index (χ2v) is 4.49. The minimum atomic E-state index is 0.280. The van der Waals surface area contributed by atoms with Crippen LogP contribution in [-0.4, -0.2) is 41.3 Å². The summed E-state index contributed by atoms with van der Waals surface area (Å²) < 4.78 is 5.33. The van der Waals surface area contributed by atoms with Crippen LogP contribution < -0.4 is 10.6 Å². The highest BCUT2D eigenvalue weighted by Crippen LogP contribution is 2.18. The summed E-state index contributed by atoms with van der Waals surface area (Å²) in [6, 6.07) is 0. The highest BCUT2D eigenvalue weighted by Gasteiger charge is 2.19. The van der Waals surface area contributed by atoms with Crippen molar-refractivity contribution in [2.24, 2.45) is 5.73 Å². The van der Waals surface area contributed by atoms with E-state index in [1.54, 1.807) is 19.5 Å². The van der Waals surface area contributed by atoms with E-state index in [-0.39, 0.29) is 4.99 Å². The van der Waals surface area contributed by atoms with Crippen LogP contribution in [0.2, 0.25) is 0 Å². The average Bonchev–Trinajstić information content (AvgIpc) is 2.39. The fourth-order valence-corrected chi connectivity index (χ4v) is 2.04. The zero-order chi connectivity index (χ0) is 12.3. The van der Waals surface area contributed by atoms with E-state index in [1.807, 2.05) is 0 Å². The SMILES string of the molecule is COC1CCN(c2cnc(C(N)=S)cn2)CC1. The number of rotatable bonds is 3. The molecule has 0 aromatic carbocycles. The Morgan fingerprint density at radius 3 is 2.59 bits per heavy atom. The standard InChI is InChI=1S/C11H16N4OS/c1-16-8-2-4-15(5-3-8)10-7-13-9(6-14-10)11(12)17/h6-8H,2-5H2,1H3,(H2,12,17). The maximum Gasteiger partial charge on any atom is 0.147 e. The van der Waals surface area contributed by atoms with E-state index in [0.717, 1.165) is 31.7 Å². The summed E-state index contributed by atoms with van der Waals surface area (Å²) in [5.74, 6) is 0.875. The van der Waals surface area contributed by atoms with Crippen molar-refractivity contribution in [1.29, 1.82) is 0 Å². The van der Waals surface area contributed by atoms with Crippen molar-refractivity contribution in [3.8, 4) is 0 Å². The molecule has 1 aliphatic heterocycles. The predicted molar refractivity (Wildman–Crippen MR) is 70.2 cm³/mol. The molecule has 92 valence electrons. The van der Waals surface area contributed by atoms with E-state index in [4.69, 9.17) is 22.7 Å². The molecule has 0 radical (unpaired) electrons. The number of ether oxygens (including phenoxy) is 1. The van der Waals surface area contributed by atoms with E-state index in [2.05, 4.69) is 14.9 Å². The topological polar surface area (TPSA) is 64.3 Å². The molecule has 0 aliphatic carbocycles. The first kappa shape index (κ1) is 12.2. The van der Waals surface area contributed by atoms with Crippen LogP contribution in [0.4, 0.5) is 5.82 Å². The fourth-order valence-electron chi connectivity index (χ4n) is 1.93. The summed E-state index contributed by atoms with van der Waals surface area (Å²) in [6.07, 6.45) is 5.77. The zero-order valence-electron chi connectivity index (χ0n) is 9.80. The molecule has 2 rings (SSSR count). The zero-order valence-corrected chi connectivity index (χ0v) is 10.6. The second kappa shape index (κ2) is 5.37. The van der Waals surface area contributed by atoms with Gasteiger partial charge in [0.1, 0.15) is 16.5 Å². The summed E-state index contributed by atoms with van der Waals surface area (Å²) in [4.78, 5) is 11.0. The third-order valence-electron chi connectivity index (χ3n) is 2.99. The Balaban J connectivity index is 2.01. The van der Waals surface area contributed by atoms with E-state index < -0.39 is 0 Å². The van der Waals surface area contributed by atoms with Gasteiger partial charge in [-0.1, -0.05) is 12.2 Å². The predicted octanol–water partition coefficient (Wildman–Crippen LogP) is 0.726. The number of hydrogen-bond acceptors (Lipinski definition) is 5. The first-order chi connectivity index (χ1) is 8.20. The molecule has 1 saturated heterocycles. The number of thiocarbonyl (C=S) groups is 1. The van der Waals surface area contributed by atoms with Gasteiger partial charge in [0, 0.05) is 20.2 Å². The normalized spacial score (nSPS) is 17.1. The summed E-state index contributed by atoms with van der Waals surface area (Å²) in [5.41, 5.74) is 6.04. The van der Waals surface area contributed by atoms with Gasteiger partial charge in [-0.25, -0.2) is 9.97 Å². The second-order valence-electron chi connectivity index (χ2n) is 4.05. The molecule has 1 fully saturated rings. The number of hydrogen-bond donors (Lipinski definition) is 1. The van der Waals surface area contributed by atoms with Gasteiger partial charge in [-0.05, 0) is 12.8 Å². The molecular formula is C11H16N4OS. The minimum absolute atomic E-state index is 0.280. The van der Waals surface area contributed by atoms with Crippen LogP contribution in [0.15, 0.2) is 12.4 Å². The maximum absolute atomic E-state index is 5.48. The number of nitrogens with two attached hydrogens (primary N) is 1. The molecule has 0 saturated carbocycles. The third-order valence-corrected chi connectivity index (χ3v) is 3.20. The van der Waals surface area contributed by atoms with Gasteiger partial charge in [0.2, 0.25) is 0 Å². The number of aromatic nitrogens is 2. The van der Waals surface area contributed by atoms with Gasteiger partial charge >= 0.3 is 0 Å². The molecule has 6 heteroatoms. The Bertz CT molecular complexity index is 387. The van der Waals surface area contributed by atoms with Crippen LogP contribution >= 0.6 is 12.2 Å². The molecule has 17 heavy (non-hydrogen) atoms. The summed E-state index contributed by atoms with van der Waals surface area (Å²) in [5, 5.41) is 0. The molecule has 1 aliphatic rings. The number of methoxy groups -OCH3 is 1. The lowest BCUT2D eigenvalue weighted by molar-refractivity contribution is 0.0818. The highest BCUT2D eigenvalue weighted by atomic mass is 32.1. The van der Waals surface area contributed by atoms with Gasteiger partial charge in [0.05, 0.1) is 18.5 Å². The molecule has 0 unspecified atom stereocenters. The molecule has 1 aromatic rings. The van der Waals surface area contributed by atoms with Gasteiger partial charge < -0.3 is 15.4 Å². The van der Waals surface area contributed by atoms with E-state index >= 15 is 0 Å². The first-order valence-corrected chi connectivity index (χ1v) is 6.01. The summed E-state index contributed by atoms with van der Waals surface area (Å²) >= 11 is 4.84. The van der Waals surface area contributed by atoms with Gasteiger partial charge in [-0.3, -0.25) is 0 Å². The molecule has 0 spiro atoms. The van der Waals surface area contributed by atoms with Crippen LogP contribution in [0.3, 0.4) is 0 Å². The van der Waals surface area contributed by atoms with Gasteiger partial charge in [0.15, 0.2) is 0 Å². The molecule has 0 atom stereocenters. The van der Waals surface area contributed by atoms with E-state index in [9.17, 15) is 0 Å². The fraction of sp³-hybridized carbons (Fsp3) is 0.545. The van der Waals surface area contributed by atoms with Crippen LogP contribution in [-0.2, 0) is 4.74 Å². The Morgan fingerprint density at radius 1 is 1.41 bits per heavy atom. The minimum Gasteiger partial charge on any atom is -0.388 e. The van der Waals surface area contributed by atoms with Crippen molar-refractivity contribution in [2.75, 3.05) is 25.1 Å². The number of piperidine rings is 1. The highest BCUT2D eigenvalue weighted by molar-refractivity contribution is 7.80. The monoisotopic (exact) mass is 252 g/mol. The Kier molecular flexibility index (Phi) is 3.86. The number of anilines is 1. The van der Waals surface area contributed by atoms with Gasteiger partial charge in [0.25, 0.3) is 0 Å². The Hall–Kier alpha value is -1.27. The molecule has 2 heterocycles. The lowest BCUT2D eigenvalue weighted by Gasteiger charge is -2.31. The van der Waals surface area contributed by atoms with Crippen molar-refractivity contribution in [2.45, 2.75) is 18.9 Å². The lowest BCUT2D eigenvalue weighted by atomic mass is 10.1. The summed E-state index contributed by atoms with van der Waals surface area (Å²) in [7, 11) is 1.76. The molecule has 2 N–H and O–H groups in total. The van der Waals surface area contributed by atoms with Crippen molar-refractivity contribution in [3.05, 3.63) is 18.1 Å². The largest absolute Gasteiger partial charge is 0.388 e. The Morgan fingerprint density at radius 2 is 2.12 bits per heavy atom. The van der Waals surface area contributed by atoms with Crippen molar-refractivity contribution in [1.82, 2.24) is 9.97 Å². The van der Waals surface area contributed by atoms with E-state index in [0.29, 0.717) is 11.8 Å². The van der Waals surface area contributed by atoms with E-state index in [1.165, 1.54) is 0 Å². The Labute approximate surface area is 106 Å². The third kappa shape index (κ3) is 2.89. The lowest BCUT2D eigenvalue weighted by Crippen LogP contribution is -2.37. The molecule has 5 nitrogen and oxygen atoms in total. The van der Waals surface area contributed by atoms with Crippen LogP contribution in [0, 0.1) is 0 Å². The maximum atomic E-state index is 5.48. The smallest absolute Gasteiger partial charge is 0.147 e. The molecule has 0 amide bonds. The van der Waals surface area contributed by atoms with Crippen molar-refractivity contribution < 1.29 is 4.74 Å². The molecular weight excluding hydrogens is 236 g/mol. The summed E-state index contributed by atoms with van der Waals surface area (Å²) in [6.45, 7) is 1.89. The number of nitrogens with zero attached hydrogens (tertiary/aromatic N) is 3. The molecule has 1 aromatic heterocycles. The quantitative estimate of drug-likeness (QED) is 0.800.